The summed E-state index contributed by atoms with van der Waals surface area (Å²) in [6.45, 7) is 3.90. The quantitative estimate of drug-likeness (QED) is 0.609. The maximum absolute atomic E-state index is 12.2. The van der Waals surface area contributed by atoms with E-state index in [1.165, 1.54) is 11.8 Å². The van der Waals surface area contributed by atoms with E-state index in [1.54, 1.807) is 11.0 Å². The van der Waals surface area contributed by atoms with Crippen molar-refractivity contribution >= 4 is 51.9 Å². The van der Waals surface area contributed by atoms with Crippen molar-refractivity contribution in [1.82, 2.24) is 4.90 Å². The van der Waals surface area contributed by atoms with E-state index in [2.05, 4.69) is 0 Å². The number of thiocarbonyl (C=S) groups is 1. The van der Waals surface area contributed by atoms with E-state index in [0.717, 1.165) is 5.56 Å². The van der Waals surface area contributed by atoms with Crippen LogP contribution in [0.2, 0.25) is 5.02 Å². The first-order chi connectivity index (χ1) is 8.49. The largest absolute Gasteiger partial charge is 0.290 e. The summed E-state index contributed by atoms with van der Waals surface area (Å²) in [7, 11) is 0. The second kappa shape index (κ2) is 5.43. The van der Waals surface area contributed by atoms with Crippen LogP contribution in [0.1, 0.15) is 19.4 Å². The van der Waals surface area contributed by atoms with Crippen LogP contribution in [0.25, 0.3) is 6.08 Å². The van der Waals surface area contributed by atoms with Gasteiger partial charge in [-0.1, -0.05) is 47.7 Å². The summed E-state index contributed by atoms with van der Waals surface area (Å²) in [5.74, 6) is -0.0278. The topological polar surface area (TPSA) is 20.3 Å². The van der Waals surface area contributed by atoms with Crippen molar-refractivity contribution in [3.8, 4) is 0 Å². The highest BCUT2D eigenvalue weighted by Gasteiger charge is 2.33. The number of halogens is 1. The molecule has 1 aromatic carbocycles. The molecule has 18 heavy (non-hydrogen) atoms. The van der Waals surface area contributed by atoms with Gasteiger partial charge in [-0.3, -0.25) is 9.69 Å². The Hall–Kier alpha value is -0.840. The fourth-order valence-corrected chi connectivity index (χ4v) is 3.40. The van der Waals surface area contributed by atoms with Gasteiger partial charge in [0.05, 0.1) is 4.91 Å². The smallest absolute Gasteiger partial charge is 0.266 e. The lowest BCUT2D eigenvalue weighted by Gasteiger charge is -2.18. The van der Waals surface area contributed by atoms with Crippen LogP contribution in [-0.4, -0.2) is 21.2 Å². The fourth-order valence-electron chi connectivity index (χ4n) is 1.67. The number of hydrogen-bond donors (Lipinski definition) is 0. The molecule has 0 bridgehead atoms. The van der Waals surface area contributed by atoms with Gasteiger partial charge in [-0.2, -0.15) is 0 Å². The monoisotopic (exact) mass is 297 g/mol. The Labute approximate surface area is 121 Å². The third-order valence-corrected chi connectivity index (χ3v) is 4.05. The molecule has 0 saturated carbocycles. The van der Waals surface area contributed by atoms with E-state index in [4.69, 9.17) is 23.8 Å². The van der Waals surface area contributed by atoms with Gasteiger partial charge < -0.3 is 0 Å². The Balaban J connectivity index is 2.31. The fraction of sp³-hybridized carbons (Fsp3) is 0.231. The van der Waals surface area contributed by atoms with Crippen molar-refractivity contribution in [3.63, 3.8) is 0 Å². The summed E-state index contributed by atoms with van der Waals surface area (Å²) < 4.78 is 0.614. The summed E-state index contributed by atoms with van der Waals surface area (Å²) in [4.78, 5) is 14.4. The summed E-state index contributed by atoms with van der Waals surface area (Å²) in [6.07, 6.45) is 1.83. The molecular weight excluding hydrogens is 286 g/mol. The maximum Gasteiger partial charge on any atom is 0.266 e. The first-order valence-corrected chi connectivity index (χ1v) is 7.12. The maximum atomic E-state index is 12.2. The number of nitrogens with zero attached hydrogens (tertiary/aromatic N) is 1. The second-order valence-corrected chi connectivity index (χ2v) is 6.31. The standard InChI is InChI=1S/C13H12ClNOS2/c1-8(2)15-12(16)11(18-13(15)17)7-9-4-3-5-10(14)6-9/h3-8H,1-2H3. The number of carbonyl (C=O) groups is 1. The molecule has 94 valence electrons. The van der Waals surface area contributed by atoms with Crippen molar-refractivity contribution in [2.75, 3.05) is 0 Å². The van der Waals surface area contributed by atoms with Crippen molar-refractivity contribution in [2.24, 2.45) is 0 Å². The lowest BCUT2D eigenvalue weighted by molar-refractivity contribution is -0.123. The molecule has 1 aliphatic rings. The molecule has 0 aliphatic carbocycles. The van der Waals surface area contributed by atoms with Crippen LogP contribution in [0.3, 0.4) is 0 Å². The molecule has 2 nitrogen and oxygen atoms in total. The van der Waals surface area contributed by atoms with Crippen LogP contribution in [0.4, 0.5) is 0 Å². The van der Waals surface area contributed by atoms with Crippen molar-refractivity contribution in [2.45, 2.75) is 19.9 Å². The molecule has 1 heterocycles. The van der Waals surface area contributed by atoms with Crippen LogP contribution in [-0.2, 0) is 4.79 Å². The highest BCUT2D eigenvalue weighted by atomic mass is 35.5. The zero-order chi connectivity index (χ0) is 13.3. The van der Waals surface area contributed by atoms with Crippen molar-refractivity contribution in [3.05, 3.63) is 39.8 Å². The minimum absolute atomic E-state index is 0.0278. The Morgan fingerprint density at radius 2 is 2.17 bits per heavy atom. The molecular formula is C13H12ClNOS2. The molecule has 0 spiro atoms. The van der Waals surface area contributed by atoms with Gasteiger partial charge in [-0.15, -0.1) is 0 Å². The first kappa shape index (κ1) is 13.6. The number of carbonyl (C=O) groups excluding carboxylic acids is 1. The van der Waals surface area contributed by atoms with Gasteiger partial charge in [-0.25, -0.2) is 0 Å². The van der Waals surface area contributed by atoms with Crippen LogP contribution in [0, 0.1) is 0 Å². The lowest BCUT2D eigenvalue weighted by Crippen LogP contribution is -2.34. The van der Waals surface area contributed by atoms with E-state index in [0.29, 0.717) is 14.2 Å². The van der Waals surface area contributed by atoms with Crippen molar-refractivity contribution < 1.29 is 4.79 Å². The molecule has 0 atom stereocenters. The predicted molar refractivity (Wildman–Crippen MR) is 81.6 cm³/mol. The molecule has 1 fully saturated rings. The van der Waals surface area contributed by atoms with Gasteiger partial charge in [0.2, 0.25) is 0 Å². The molecule has 1 saturated heterocycles. The normalized spacial score (nSPS) is 18.2. The van der Waals surface area contributed by atoms with Crippen LogP contribution in [0.15, 0.2) is 29.2 Å². The molecule has 0 N–H and O–H groups in total. The molecule has 0 aromatic heterocycles. The minimum Gasteiger partial charge on any atom is -0.290 e. The molecule has 1 aliphatic heterocycles. The number of benzene rings is 1. The molecule has 0 radical (unpaired) electrons. The summed E-state index contributed by atoms with van der Waals surface area (Å²) in [6, 6.07) is 7.48. The summed E-state index contributed by atoms with van der Waals surface area (Å²) >= 11 is 12.5. The van der Waals surface area contributed by atoms with Crippen molar-refractivity contribution in [1.29, 1.82) is 0 Å². The molecule has 1 amide bonds. The van der Waals surface area contributed by atoms with E-state index >= 15 is 0 Å². The third-order valence-electron chi connectivity index (χ3n) is 2.49. The zero-order valence-corrected chi connectivity index (χ0v) is 12.4. The minimum atomic E-state index is -0.0278. The second-order valence-electron chi connectivity index (χ2n) is 4.20. The summed E-state index contributed by atoms with van der Waals surface area (Å²) in [5, 5.41) is 0.656. The Morgan fingerprint density at radius 1 is 1.44 bits per heavy atom. The molecule has 5 heteroatoms. The van der Waals surface area contributed by atoms with Crippen LogP contribution < -0.4 is 0 Å². The van der Waals surface area contributed by atoms with E-state index < -0.39 is 0 Å². The van der Waals surface area contributed by atoms with Gasteiger partial charge in [0.25, 0.3) is 5.91 Å². The first-order valence-electron chi connectivity index (χ1n) is 5.51. The van der Waals surface area contributed by atoms with Gasteiger partial charge in [0, 0.05) is 11.1 Å². The highest BCUT2D eigenvalue weighted by molar-refractivity contribution is 8.26. The van der Waals surface area contributed by atoms with Gasteiger partial charge in [-0.05, 0) is 37.6 Å². The molecule has 2 rings (SSSR count). The van der Waals surface area contributed by atoms with Crippen LogP contribution in [0.5, 0.6) is 0 Å². The SMILES string of the molecule is CC(C)N1C(=O)C(=Cc2cccc(Cl)c2)SC1=S. The average molecular weight is 298 g/mol. The zero-order valence-electron chi connectivity index (χ0n) is 10.0. The Kier molecular flexibility index (Phi) is 4.10. The number of amides is 1. The van der Waals surface area contributed by atoms with Gasteiger partial charge in [0.1, 0.15) is 4.32 Å². The van der Waals surface area contributed by atoms with Gasteiger partial charge in [0.15, 0.2) is 0 Å². The lowest BCUT2D eigenvalue weighted by atomic mass is 10.2. The third kappa shape index (κ3) is 2.76. The van der Waals surface area contributed by atoms with Gasteiger partial charge >= 0.3 is 0 Å². The number of rotatable bonds is 2. The van der Waals surface area contributed by atoms with E-state index in [9.17, 15) is 4.79 Å². The van der Waals surface area contributed by atoms with E-state index in [-0.39, 0.29) is 11.9 Å². The molecule has 0 unspecified atom stereocenters. The molecule has 1 aromatic rings. The number of thioether (sulfide) groups is 1. The highest BCUT2D eigenvalue weighted by Crippen LogP contribution is 2.33. The van der Waals surface area contributed by atoms with E-state index in [1.807, 2.05) is 38.1 Å². The summed E-state index contributed by atoms with van der Waals surface area (Å²) in [5.41, 5.74) is 0.909. The predicted octanol–water partition coefficient (Wildman–Crippen LogP) is 3.95. The van der Waals surface area contributed by atoms with Crippen LogP contribution >= 0.6 is 35.6 Å². The average Bonchev–Trinajstić information content (AvgIpc) is 2.54. The number of hydrogen-bond acceptors (Lipinski definition) is 3. The Bertz CT molecular complexity index is 540. The Morgan fingerprint density at radius 3 is 2.72 bits per heavy atom.